The molecule has 1 amide bonds. The van der Waals surface area contributed by atoms with E-state index in [4.69, 9.17) is 37.5 Å². The Hall–Kier alpha value is -2.44. The van der Waals surface area contributed by atoms with Gasteiger partial charge in [0, 0.05) is 11.3 Å². The number of nitrogens with zero attached hydrogens (tertiary/aromatic N) is 1. The molecule has 0 saturated carbocycles. The third-order valence-electron chi connectivity index (χ3n) is 3.10. The lowest BCUT2D eigenvalue weighted by Gasteiger charge is -2.09. The molecule has 0 aliphatic carbocycles. The molecule has 0 atom stereocenters. The molecule has 0 aliphatic rings. The van der Waals surface area contributed by atoms with Crippen molar-refractivity contribution in [2.24, 2.45) is 5.16 Å². The lowest BCUT2D eigenvalue weighted by molar-refractivity contribution is -0.120. The Morgan fingerprint density at radius 2 is 1.96 bits per heavy atom. The van der Waals surface area contributed by atoms with Gasteiger partial charge in [-0.1, -0.05) is 34.4 Å². The normalized spacial score (nSPS) is 10.6. The Bertz CT molecular complexity index is 781. The second-order valence-electron chi connectivity index (χ2n) is 4.77. The molecule has 25 heavy (non-hydrogen) atoms. The number of oxime groups is 1. The zero-order chi connectivity index (χ0) is 18.2. The van der Waals surface area contributed by atoms with E-state index in [2.05, 4.69) is 10.5 Å². The number of rotatable bonds is 7. The minimum atomic E-state index is -0.381. The molecule has 6 nitrogen and oxygen atoms in total. The molecule has 0 bridgehead atoms. The van der Waals surface area contributed by atoms with E-state index in [0.717, 1.165) is 0 Å². The number of anilines is 1. The minimum absolute atomic E-state index is 0.261. The van der Waals surface area contributed by atoms with Crippen molar-refractivity contribution in [2.45, 2.75) is 0 Å². The van der Waals surface area contributed by atoms with Crippen molar-refractivity contribution in [2.75, 3.05) is 26.1 Å². The van der Waals surface area contributed by atoms with Crippen LogP contribution in [0.5, 0.6) is 11.5 Å². The highest BCUT2D eigenvalue weighted by Crippen LogP contribution is 2.29. The predicted octanol–water partition coefficient (Wildman–Crippen LogP) is 4.00. The molecular formula is C17H16Cl2N2O4. The molecule has 2 aromatic carbocycles. The second-order valence-corrected chi connectivity index (χ2v) is 5.58. The number of hydrogen-bond acceptors (Lipinski definition) is 5. The van der Waals surface area contributed by atoms with Crippen LogP contribution in [-0.2, 0) is 9.63 Å². The van der Waals surface area contributed by atoms with Gasteiger partial charge in [0.15, 0.2) is 18.1 Å². The lowest BCUT2D eigenvalue weighted by atomic mass is 10.2. The Balaban J connectivity index is 1.90. The molecule has 0 radical (unpaired) electrons. The number of para-hydroxylation sites is 1. The molecule has 132 valence electrons. The summed E-state index contributed by atoms with van der Waals surface area (Å²) in [7, 11) is 3.07. The molecule has 2 aromatic rings. The Kier molecular flexibility index (Phi) is 6.91. The van der Waals surface area contributed by atoms with E-state index in [1.807, 2.05) is 0 Å². The summed E-state index contributed by atoms with van der Waals surface area (Å²) in [6.07, 6.45) is 1.44. The molecule has 0 saturated heterocycles. The van der Waals surface area contributed by atoms with Crippen LogP contribution >= 0.6 is 23.2 Å². The Morgan fingerprint density at radius 3 is 2.64 bits per heavy atom. The zero-order valence-electron chi connectivity index (χ0n) is 13.6. The number of amides is 1. The van der Waals surface area contributed by atoms with Gasteiger partial charge in [-0.25, -0.2) is 0 Å². The van der Waals surface area contributed by atoms with E-state index in [1.165, 1.54) is 13.3 Å². The SMILES string of the molecule is COc1cccc(/C=N\OCC(=O)Nc2ccc(Cl)c(Cl)c2)c1OC. The first-order valence-corrected chi connectivity index (χ1v) is 7.92. The topological polar surface area (TPSA) is 69.2 Å². The highest BCUT2D eigenvalue weighted by Gasteiger charge is 2.08. The van der Waals surface area contributed by atoms with Crippen molar-refractivity contribution in [1.29, 1.82) is 0 Å². The van der Waals surface area contributed by atoms with E-state index < -0.39 is 0 Å². The predicted molar refractivity (Wildman–Crippen MR) is 98.2 cm³/mol. The van der Waals surface area contributed by atoms with E-state index in [-0.39, 0.29) is 12.5 Å². The number of carbonyl (C=O) groups excluding carboxylic acids is 1. The van der Waals surface area contributed by atoms with Crippen LogP contribution in [0.2, 0.25) is 10.0 Å². The number of hydrogen-bond donors (Lipinski definition) is 1. The molecule has 8 heteroatoms. The standard InChI is InChI=1S/C17H16Cl2N2O4/c1-23-15-5-3-4-11(17(15)24-2)9-20-25-10-16(22)21-12-6-7-13(18)14(19)8-12/h3-9H,10H2,1-2H3,(H,21,22)/b20-9-. The summed E-state index contributed by atoms with van der Waals surface area (Å²) >= 11 is 11.7. The van der Waals surface area contributed by atoms with Crippen molar-refractivity contribution in [3.8, 4) is 11.5 Å². The van der Waals surface area contributed by atoms with Gasteiger partial charge in [0.05, 0.1) is 30.5 Å². The lowest BCUT2D eigenvalue weighted by Crippen LogP contribution is -2.16. The second kappa shape index (κ2) is 9.15. The van der Waals surface area contributed by atoms with Crippen LogP contribution in [0.4, 0.5) is 5.69 Å². The summed E-state index contributed by atoms with van der Waals surface area (Å²) in [6.45, 7) is -0.261. The maximum atomic E-state index is 11.8. The third kappa shape index (κ3) is 5.27. The van der Waals surface area contributed by atoms with Crippen LogP contribution in [-0.4, -0.2) is 32.9 Å². The fraction of sp³-hybridized carbons (Fsp3) is 0.176. The molecular weight excluding hydrogens is 367 g/mol. The van der Waals surface area contributed by atoms with Crippen molar-refractivity contribution >= 4 is 41.0 Å². The Morgan fingerprint density at radius 1 is 1.16 bits per heavy atom. The van der Waals surface area contributed by atoms with Gasteiger partial charge < -0.3 is 19.6 Å². The van der Waals surface area contributed by atoms with Gasteiger partial charge in [-0.2, -0.15) is 0 Å². The van der Waals surface area contributed by atoms with Gasteiger partial charge in [0.1, 0.15) is 0 Å². The van der Waals surface area contributed by atoms with E-state index in [9.17, 15) is 4.79 Å². The summed E-state index contributed by atoms with van der Waals surface area (Å²) in [4.78, 5) is 16.8. The van der Waals surface area contributed by atoms with Crippen LogP contribution in [0.15, 0.2) is 41.6 Å². The summed E-state index contributed by atoms with van der Waals surface area (Å²) in [5.41, 5.74) is 1.17. The minimum Gasteiger partial charge on any atom is -0.493 e. The number of halogens is 2. The number of ether oxygens (including phenoxy) is 2. The van der Waals surface area contributed by atoms with Gasteiger partial charge in [-0.05, 0) is 30.3 Å². The zero-order valence-corrected chi connectivity index (χ0v) is 15.1. The van der Waals surface area contributed by atoms with Gasteiger partial charge >= 0.3 is 0 Å². The van der Waals surface area contributed by atoms with Crippen molar-refractivity contribution in [3.63, 3.8) is 0 Å². The van der Waals surface area contributed by atoms with Gasteiger partial charge in [0.25, 0.3) is 5.91 Å². The molecule has 1 N–H and O–H groups in total. The van der Waals surface area contributed by atoms with Gasteiger partial charge in [-0.15, -0.1) is 0 Å². The summed E-state index contributed by atoms with van der Waals surface area (Å²) in [5, 5.41) is 7.15. The maximum Gasteiger partial charge on any atom is 0.265 e. The fourth-order valence-corrected chi connectivity index (χ4v) is 2.27. The summed E-state index contributed by atoms with van der Waals surface area (Å²) in [6, 6.07) is 10.1. The first-order chi connectivity index (χ1) is 12.0. The Labute approximate surface area is 155 Å². The highest BCUT2D eigenvalue weighted by molar-refractivity contribution is 6.42. The molecule has 0 unspecified atom stereocenters. The smallest absolute Gasteiger partial charge is 0.265 e. The fourth-order valence-electron chi connectivity index (χ4n) is 1.97. The first kappa shape index (κ1) is 18.9. The maximum absolute atomic E-state index is 11.8. The number of benzene rings is 2. The first-order valence-electron chi connectivity index (χ1n) is 7.16. The number of nitrogens with one attached hydrogen (secondary N) is 1. The van der Waals surface area contributed by atoms with E-state index >= 15 is 0 Å². The van der Waals surface area contributed by atoms with Crippen LogP contribution in [0.3, 0.4) is 0 Å². The van der Waals surface area contributed by atoms with Crippen molar-refractivity contribution in [3.05, 3.63) is 52.0 Å². The highest BCUT2D eigenvalue weighted by atomic mass is 35.5. The van der Waals surface area contributed by atoms with E-state index in [0.29, 0.717) is 32.8 Å². The van der Waals surface area contributed by atoms with Crippen LogP contribution in [0.1, 0.15) is 5.56 Å². The summed E-state index contributed by atoms with van der Waals surface area (Å²) < 4.78 is 10.5. The largest absolute Gasteiger partial charge is 0.493 e. The molecule has 0 heterocycles. The molecule has 0 spiro atoms. The van der Waals surface area contributed by atoms with Crippen LogP contribution in [0, 0.1) is 0 Å². The quantitative estimate of drug-likeness (QED) is 0.580. The molecule has 0 aromatic heterocycles. The molecule has 0 aliphatic heterocycles. The van der Waals surface area contributed by atoms with Crippen molar-refractivity contribution in [1.82, 2.24) is 0 Å². The molecule has 2 rings (SSSR count). The average molecular weight is 383 g/mol. The van der Waals surface area contributed by atoms with Crippen LogP contribution in [0.25, 0.3) is 0 Å². The third-order valence-corrected chi connectivity index (χ3v) is 3.84. The average Bonchev–Trinajstić information content (AvgIpc) is 2.61. The van der Waals surface area contributed by atoms with Gasteiger partial charge in [0.2, 0.25) is 0 Å². The van der Waals surface area contributed by atoms with E-state index in [1.54, 1.807) is 43.5 Å². The van der Waals surface area contributed by atoms with Gasteiger partial charge in [-0.3, -0.25) is 4.79 Å². The monoisotopic (exact) mass is 382 g/mol. The molecule has 0 fully saturated rings. The van der Waals surface area contributed by atoms with Crippen molar-refractivity contribution < 1.29 is 19.1 Å². The number of carbonyl (C=O) groups is 1. The summed E-state index contributed by atoms with van der Waals surface area (Å²) in [5.74, 6) is 0.717. The number of methoxy groups -OCH3 is 2. The van der Waals surface area contributed by atoms with Crippen LogP contribution < -0.4 is 14.8 Å².